The van der Waals surface area contributed by atoms with E-state index in [4.69, 9.17) is 9.57 Å². The van der Waals surface area contributed by atoms with Gasteiger partial charge in [0.2, 0.25) is 5.95 Å². The lowest BCUT2D eigenvalue weighted by atomic mass is 10.1. The maximum atomic E-state index is 12.9. The van der Waals surface area contributed by atoms with E-state index in [0.29, 0.717) is 29.8 Å². The van der Waals surface area contributed by atoms with Crippen LogP contribution >= 0.6 is 0 Å². The summed E-state index contributed by atoms with van der Waals surface area (Å²) in [5.41, 5.74) is -0.447. The third-order valence-corrected chi connectivity index (χ3v) is 4.76. The van der Waals surface area contributed by atoms with Crippen molar-refractivity contribution in [3.05, 3.63) is 57.0 Å². The van der Waals surface area contributed by atoms with Crippen molar-refractivity contribution < 1.29 is 27.5 Å². The largest absolute Gasteiger partial charge is 0.444 e. The normalized spacial score (nSPS) is 14.0. The summed E-state index contributed by atoms with van der Waals surface area (Å²) < 4.78 is 44.5. The molecule has 1 N–H and O–H groups in total. The molecule has 0 atom stereocenters. The summed E-state index contributed by atoms with van der Waals surface area (Å²) in [6.07, 6.45) is -4.57. The third kappa shape index (κ3) is 5.32. The van der Waals surface area contributed by atoms with Gasteiger partial charge >= 0.3 is 12.3 Å². The van der Waals surface area contributed by atoms with E-state index in [1.807, 2.05) is 0 Å². The summed E-state index contributed by atoms with van der Waals surface area (Å²) in [5.74, 6) is 0.127. The molecule has 1 aliphatic rings. The molecule has 0 unspecified atom stereocenters. The van der Waals surface area contributed by atoms with Gasteiger partial charge in [-0.2, -0.15) is 13.2 Å². The number of carbonyl (C=O) groups excluding carboxylic acids is 1. The number of ether oxygens (including phenoxy) is 1. The van der Waals surface area contributed by atoms with Crippen molar-refractivity contribution in [2.75, 3.05) is 19.0 Å². The Morgan fingerprint density at radius 1 is 1.19 bits per heavy atom. The van der Waals surface area contributed by atoms with Gasteiger partial charge in [-0.25, -0.2) is 9.78 Å². The van der Waals surface area contributed by atoms with Crippen LogP contribution < -0.4 is 15.7 Å². The molecule has 3 rings (SSSR count). The molecular weight excluding hydrogens is 429 g/mol. The molecular formula is C21H25F3N4O4. The molecule has 2 aromatic rings. The first-order valence-electron chi connectivity index (χ1n) is 9.96. The first-order chi connectivity index (χ1) is 14.9. The van der Waals surface area contributed by atoms with Crippen LogP contribution in [0.1, 0.15) is 43.2 Å². The van der Waals surface area contributed by atoms with E-state index in [9.17, 15) is 22.8 Å². The monoisotopic (exact) mass is 454 g/mol. The number of aromatic nitrogens is 2. The van der Waals surface area contributed by atoms with Crippen LogP contribution in [0.15, 0.2) is 29.1 Å². The highest BCUT2D eigenvalue weighted by Gasteiger charge is 2.31. The molecule has 1 aromatic heterocycles. The zero-order valence-electron chi connectivity index (χ0n) is 18.2. The Morgan fingerprint density at radius 2 is 1.84 bits per heavy atom. The van der Waals surface area contributed by atoms with E-state index in [0.717, 1.165) is 16.9 Å². The predicted octanol–water partition coefficient (Wildman–Crippen LogP) is 3.23. The van der Waals surface area contributed by atoms with Crippen molar-refractivity contribution in [3.63, 3.8) is 0 Å². The maximum Gasteiger partial charge on any atom is 0.416 e. The minimum Gasteiger partial charge on any atom is -0.444 e. The number of benzene rings is 1. The summed E-state index contributed by atoms with van der Waals surface area (Å²) in [5, 5.41) is 2.94. The molecule has 11 heteroatoms. The number of nitrogens with zero attached hydrogens (tertiary/aromatic N) is 3. The Hall–Kier alpha value is -3.24. The Morgan fingerprint density at radius 3 is 2.41 bits per heavy atom. The number of fused-ring (bicyclic) bond motifs is 1. The smallest absolute Gasteiger partial charge is 0.416 e. The van der Waals surface area contributed by atoms with Crippen LogP contribution in [0.5, 0.6) is 0 Å². The zero-order valence-corrected chi connectivity index (χ0v) is 18.2. The van der Waals surface area contributed by atoms with Crippen molar-refractivity contribution in [1.82, 2.24) is 14.6 Å². The highest BCUT2D eigenvalue weighted by molar-refractivity contribution is 5.68. The first-order valence-corrected chi connectivity index (χ1v) is 9.96. The zero-order chi connectivity index (χ0) is 23.7. The third-order valence-electron chi connectivity index (χ3n) is 4.76. The second kappa shape index (κ2) is 8.71. The van der Waals surface area contributed by atoms with Gasteiger partial charge < -0.3 is 19.8 Å². The van der Waals surface area contributed by atoms with Gasteiger partial charge in [-0.1, -0.05) is 12.1 Å². The van der Waals surface area contributed by atoms with Crippen molar-refractivity contribution in [2.24, 2.45) is 0 Å². The molecule has 2 heterocycles. The Labute approximate surface area is 182 Å². The highest BCUT2D eigenvalue weighted by Crippen LogP contribution is 2.29. The molecule has 0 saturated carbocycles. The fourth-order valence-electron chi connectivity index (χ4n) is 3.22. The molecule has 32 heavy (non-hydrogen) atoms. The summed E-state index contributed by atoms with van der Waals surface area (Å²) in [4.78, 5) is 36.4. The lowest BCUT2D eigenvalue weighted by Gasteiger charge is -2.30. The Balaban J connectivity index is 1.78. The summed E-state index contributed by atoms with van der Waals surface area (Å²) >= 11 is 0. The van der Waals surface area contributed by atoms with Crippen molar-refractivity contribution in [3.8, 4) is 0 Å². The number of anilines is 1. The van der Waals surface area contributed by atoms with Crippen molar-refractivity contribution >= 4 is 12.0 Å². The predicted molar refractivity (Wildman–Crippen MR) is 110 cm³/mol. The molecule has 0 fully saturated rings. The van der Waals surface area contributed by atoms with Gasteiger partial charge in [0.15, 0.2) is 0 Å². The Kier molecular flexibility index (Phi) is 6.38. The van der Waals surface area contributed by atoms with E-state index in [2.05, 4.69) is 10.3 Å². The molecule has 0 saturated heterocycles. The van der Waals surface area contributed by atoms with E-state index in [-0.39, 0.29) is 19.0 Å². The fourth-order valence-corrected chi connectivity index (χ4v) is 3.22. The average Bonchev–Trinajstić information content (AvgIpc) is 2.70. The molecule has 0 radical (unpaired) electrons. The minimum absolute atomic E-state index is 0.0403. The number of alkyl halides is 3. The summed E-state index contributed by atoms with van der Waals surface area (Å²) in [6, 6.07) is 4.68. The molecule has 174 valence electrons. The van der Waals surface area contributed by atoms with E-state index in [1.165, 1.54) is 24.1 Å². The van der Waals surface area contributed by atoms with Crippen molar-refractivity contribution in [1.29, 1.82) is 0 Å². The minimum atomic E-state index is -4.41. The molecule has 0 aliphatic carbocycles. The van der Waals surface area contributed by atoms with E-state index < -0.39 is 29.0 Å². The second-order valence-electron chi connectivity index (χ2n) is 8.34. The van der Waals surface area contributed by atoms with E-state index in [1.54, 1.807) is 20.8 Å². The highest BCUT2D eigenvalue weighted by atomic mass is 19.4. The fraction of sp³-hybridized carbons (Fsp3) is 0.476. The Bertz CT molecular complexity index is 1040. The van der Waals surface area contributed by atoms with Crippen LogP contribution in [0, 0.1) is 0 Å². The lowest BCUT2D eigenvalue weighted by Crippen LogP contribution is -2.44. The van der Waals surface area contributed by atoms with Gasteiger partial charge in [0, 0.05) is 19.5 Å². The van der Waals surface area contributed by atoms with Gasteiger partial charge in [-0.3, -0.25) is 4.79 Å². The van der Waals surface area contributed by atoms with Gasteiger partial charge in [-0.15, -0.1) is 4.73 Å². The number of rotatable bonds is 4. The van der Waals surface area contributed by atoms with Crippen LogP contribution in [0.25, 0.3) is 0 Å². The second-order valence-corrected chi connectivity index (χ2v) is 8.34. The van der Waals surface area contributed by atoms with E-state index >= 15 is 0 Å². The number of hydrogen-bond donors (Lipinski definition) is 1. The molecule has 0 spiro atoms. The first kappa shape index (κ1) is 23.4. The summed E-state index contributed by atoms with van der Waals surface area (Å²) in [6.45, 7) is 5.80. The molecule has 1 aromatic carbocycles. The number of amides is 1. The topological polar surface area (TPSA) is 85.7 Å². The number of hydrogen-bond acceptors (Lipinski definition) is 6. The average molecular weight is 454 g/mol. The molecule has 0 bridgehead atoms. The standard InChI is InChI=1S/C21H25F3N4O4/c1-20(2,3)32-19(30)27-10-9-16-15(12-27)17(29)28(31-4)18(26-16)25-11-13-5-7-14(8-6-13)21(22,23)24/h5-8H,9-12H2,1-4H3,(H,25,26). The quantitative estimate of drug-likeness (QED) is 0.764. The maximum absolute atomic E-state index is 12.9. The van der Waals surface area contributed by atoms with Crippen LogP contribution in [0.3, 0.4) is 0 Å². The molecule has 1 aliphatic heterocycles. The van der Waals surface area contributed by atoms with Gasteiger partial charge in [0.25, 0.3) is 5.56 Å². The molecule has 1 amide bonds. The lowest BCUT2D eigenvalue weighted by molar-refractivity contribution is -0.137. The van der Waals surface area contributed by atoms with Gasteiger partial charge in [0.05, 0.1) is 23.4 Å². The number of carbonyl (C=O) groups is 1. The van der Waals surface area contributed by atoms with Crippen LogP contribution in [-0.4, -0.2) is 40.0 Å². The van der Waals surface area contributed by atoms with Crippen LogP contribution in [0.4, 0.5) is 23.9 Å². The molecule has 8 nitrogen and oxygen atoms in total. The van der Waals surface area contributed by atoms with Crippen LogP contribution in [0.2, 0.25) is 0 Å². The summed E-state index contributed by atoms with van der Waals surface area (Å²) in [7, 11) is 1.30. The van der Waals surface area contributed by atoms with Gasteiger partial charge in [0.1, 0.15) is 12.7 Å². The SMILES string of the molecule is COn1c(NCc2ccc(C(F)(F)F)cc2)nc2c(c1=O)CN(C(=O)OC(C)(C)C)CC2. The van der Waals surface area contributed by atoms with Gasteiger partial charge in [-0.05, 0) is 38.5 Å². The number of halogens is 3. The van der Waals surface area contributed by atoms with Crippen LogP contribution in [-0.2, 0) is 30.4 Å². The van der Waals surface area contributed by atoms with Crippen molar-refractivity contribution in [2.45, 2.75) is 52.1 Å². The number of nitrogens with one attached hydrogen (secondary N) is 1.